The van der Waals surface area contributed by atoms with Gasteiger partial charge < -0.3 is 5.32 Å². The van der Waals surface area contributed by atoms with Crippen molar-refractivity contribution in [2.24, 2.45) is 0 Å². The van der Waals surface area contributed by atoms with Gasteiger partial charge >= 0.3 is 5.69 Å². The average molecular weight is 451 g/mol. The first-order valence-corrected chi connectivity index (χ1v) is 10.5. The third-order valence-electron chi connectivity index (χ3n) is 4.99. The molecule has 1 N–H and O–H groups in total. The summed E-state index contributed by atoms with van der Waals surface area (Å²) in [5, 5.41) is 8.91. The maximum absolute atomic E-state index is 13.3. The zero-order chi connectivity index (χ0) is 22.2. The number of fused-ring (bicyclic) bond motifs is 3. The van der Waals surface area contributed by atoms with Crippen LogP contribution in [0.4, 0.5) is 8.78 Å². The second-order valence-electron chi connectivity index (χ2n) is 7.12. The molecule has 0 atom stereocenters. The molecule has 0 bridgehead atoms. The van der Waals surface area contributed by atoms with Crippen LogP contribution in [0.15, 0.2) is 65.0 Å². The van der Waals surface area contributed by atoms with E-state index in [4.69, 9.17) is 0 Å². The van der Waals surface area contributed by atoms with E-state index in [0.29, 0.717) is 15.9 Å². The lowest BCUT2D eigenvalue weighted by Crippen LogP contribution is -2.32. The molecule has 3 heterocycles. The molecule has 0 fully saturated rings. The zero-order valence-corrected chi connectivity index (χ0v) is 17.3. The van der Waals surface area contributed by atoms with Crippen molar-refractivity contribution >= 4 is 33.1 Å². The molecule has 0 spiro atoms. The van der Waals surface area contributed by atoms with E-state index in [9.17, 15) is 18.4 Å². The Hall–Kier alpha value is -3.92. The van der Waals surface area contributed by atoms with Crippen LogP contribution in [0.1, 0.15) is 5.56 Å². The average Bonchev–Trinajstić information content (AvgIpc) is 3.35. The second kappa shape index (κ2) is 7.97. The van der Waals surface area contributed by atoms with Crippen molar-refractivity contribution in [1.82, 2.24) is 24.5 Å². The summed E-state index contributed by atoms with van der Waals surface area (Å²) in [6, 6.07) is 11.9. The number of carbonyl (C=O) groups is 1. The van der Waals surface area contributed by atoms with Crippen molar-refractivity contribution in [3.8, 4) is 11.1 Å². The molecule has 3 aromatic heterocycles. The molecule has 10 heteroatoms. The highest BCUT2D eigenvalue weighted by atomic mass is 32.1. The van der Waals surface area contributed by atoms with Gasteiger partial charge in [0.25, 0.3) is 0 Å². The Bertz CT molecular complexity index is 1500. The minimum atomic E-state index is -0.483. The molecular weight excluding hydrogens is 436 g/mol. The molecule has 0 unspecified atom stereocenters. The molecule has 0 aliphatic carbocycles. The maximum Gasteiger partial charge on any atom is 0.352 e. The molecule has 5 rings (SSSR count). The standard InChI is InChI=1S/C22H15F2N5O2S/c23-15-5-1-13(2-6-15)9-25-18(30)10-29-22(31)28-12-26-19-17(11-32-20(19)21(28)27-29)14-3-7-16(24)8-4-14/h1-8,11-12H,9-10H2,(H,25,30). The number of nitrogens with one attached hydrogen (secondary N) is 1. The van der Waals surface area contributed by atoms with E-state index in [1.165, 1.54) is 46.3 Å². The monoisotopic (exact) mass is 451 g/mol. The van der Waals surface area contributed by atoms with Crippen molar-refractivity contribution in [2.75, 3.05) is 0 Å². The molecule has 0 aliphatic rings. The van der Waals surface area contributed by atoms with E-state index in [-0.39, 0.29) is 24.7 Å². The topological polar surface area (TPSA) is 81.3 Å². The number of halogens is 2. The Morgan fingerprint density at radius 2 is 1.72 bits per heavy atom. The number of nitrogens with zero attached hydrogens (tertiary/aromatic N) is 4. The first-order chi connectivity index (χ1) is 15.5. The predicted octanol–water partition coefficient (Wildman–Crippen LogP) is 3.37. The summed E-state index contributed by atoms with van der Waals surface area (Å²) in [7, 11) is 0. The van der Waals surface area contributed by atoms with Gasteiger partial charge in [0.15, 0.2) is 5.65 Å². The van der Waals surface area contributed by atoms with Crippen LogP contribution in [0.2, 0.25) is 0 Å². The predicted molar refractivity (Wildman–Crippen MR) is 116 cm³/mol. The van der Waals surface area contributed by atoms with Gasteiger partial charge in [-0.1, -0.05) is 24.3 Å². The quantitative estimate of drug-likeness (QED) is 0.444. The van der Waals surface area contributed by atoms with E-state index < -0.39 is 11.6 Å². The Morgan fingerprint density at radius 1 is 1.03 bits per heavy atom. The molecule has 0 aliphatic heterocycles. The van der Waals surface area contributed by atoms with Gasteiger partial charge in [0.2, 0.25) is 5.91 Å². The van der Waals surface area contributed by atoms with Gasteiger partial charge in [-0.2, -0.15) is 0 Å². The number of aromatic nitrogens is 4. The van der Waals surface area contributed by atoms with E-state index in [2.05, 4.69) is 15.4 Å². The smallest absolute Gasteiger partial charge is 0.350 e. The number of hydrogen-bond acceptors (Lipinski definition) is 5. The van der Waals surface area contributed by atoms with Crippen molar-refractivity contribution in [1.29, 1.82) is 0 Å². The number of thiophene rings is 1. The fourth-order valence-electron chi connectivity index (χ4n) is 3.37. The van der Waals surface area contributed by atoms with Crippen LogP contribution >= 0.6 is 11.3 Å². The summed E-state index contributed by atoms with van der Waals surface area (Å²) in [6.07, 6.45) is 1.37. The molecule has 2 aromatic carbocycles. The van der Waals surface area contributed by atoms with Gasteiger partial charge in [-0.25, -0.2) is 27.6 Å². The molecule has 7 nitrogen and oxygen atoms in total. The van der Waals surface area contributed by atoms with E-state index >= 15 is 0 Å². The van der Waals surface area contributed by atoms with E-state index in [1.807, 2.05) is 5.38 Å². The number of amides is 1. The largest absolute Gasteiger partial charge is 0.352 e. The molecule has 0 saturated carbocycles. The van der Waals surface area contributed by atoms with Gasteiger partial charge in [0.05, 0.1) is 10.2 Å². The third-order valence-corrected chi connectivity index (χ3v) is 5.96. The molecule has 5 aromatic rings. The number of benzene rings is 2. The van der Waals surface area contributed by atoms with E-state index in [1.54, 1.807) is 24.3 Å². The van der Waals surface area contributed by atoms with Crippen LogP contribution in [0, 0.1) is 11.6 Å². The fourth-order valence-corrected chi connectivity index (χ4v) is 4.37. The first kappa shape index (κ1) is 20.0. The van der Waals surface area contributed by atoms with Crippen molar-refractivity contribution in [2.45, 2.75) is 13.1 Å². The zero-order valence-electron chi connectivity index (χ0n) is 16.5. The summed E-state index contributed by atoms with van der Waals surface area (Å²) < 4.78 is 29.3. The molecule has 1 amide bonds. The second-order valence-corrected chi connectivity index (χ2v) is 8.00. The maximum atomic E-state index is 13.3. The van der Waals surface area contributed by atoms with Gasteiger partial charge in [-0.15, -0.1) is 16.4 Å². The Morgan fingerprint density at radius 3 is 2.44 bits per heavy atom. The lowest BCUT2D eigenvalue weighted by Gasteiger charge is -2.04. The Kier molecular flexibility index (Phi) is 4.98. The van der Waals surface area contributed by atoms with Crippen LogP contribution < -0.4 is 11.0 Å². The van der Waals surface area contributed by atoms with Crippen LogP contribution in [-0.4, -0.2) is 25.1 Å². The third kappa shape index (κ3) is 3.65. The van der Waals surface area contributed by atoms with E-state index in [0.717, 1.165) is 21.4 Å². The van der Waals surface area contributed by atoms with Crippen LogP contribution in [0.25, 0.3) is 27.0 Å². The van der Waals surface area contributed by atoms with Gasteiger partial charge in [-0.05, 0) is 35.4 Å². The summed E-state index contributed by atoms with van der Waals surface area (Å²) in [5.74, 6) is -1.08. The van der Waals surface area contributed by atoms with Crippen LogP contribution in [0.3, 0.4) is 0 Å². The summed E-state index contributed by atoms with van der Waals surface area (Å²) in [4.78, 5) is 29.4. The van der Waals surface area contributed by atoms with Crippen molar-refractivity contribution in [3.05, 3.63) is 87.9 Å². The molecule has 0 saturated heterocycles. The fraction of sp³-hybridized carbons (Fsp3) is 0.0909. The first-order valence-electron chi connectivity index (χ1n) is 9.62. The molecule has 160 valence electrons. The summed E-state index contributed by atoms with van der Waals surface area (Å²) in [6.45, 7) is -0.0572. The van der Waals surface area contributed by atoms with Crippen LogP contribution in [0.5, 0.6) is 0 Å². The summed E-state index contributed by atoms with van der Waals surface area (Å²) >= 11 is 1.37. The number of rotatable bonds is 5. The number of carbonyl (C=O) groups excluding carboxylic acids is 1. The lowest BCUT2D eigenvalue weighted by atomic mass is 10.1. The molecule has 0 radical (unpaired) electrons. The lowest BCUT2D eigenvalue weighted by molar-refractivity contribution is -0.122. The molecular formula is C22H15F2N5O2S. The SMILES string of the molecule is O=C(Cn1nc2c3scc(-c4ccc(F)cc4)c3ncn2c1=O)NCc1ccc(F)cc1. The highest BCUT2D eigenvalue weighted by molar-refractivity contribution is 7.18. The summed E-state index contributed by atoms with van der Waals surface area (Å²) in [5.41, 5.74) is 2.91. The normalized spacial score (nSPS) is 11.3. The van der Waals surface area contributed by atoms with Gasteiger partial charge in [0, 0.05) is 17.5 Å². The van der Waals surface area contributed by atoms with Crippen molar-refractivity contribution in [3.63, 3.8) is 0 Å². The van der Waals surface area contributed by atoms with Crippen LogP contribution in [-0.2, 0) is 17.9 Å². The molecule has 32 heavy (non-hydrogen) atoms. The highest BCUT2D eigenvalue weighted by Crippen LogP contribution is 2.34. The number of hydrogen-bond donors (Lipinski definition) is 1. The Balaban J connectivity index is 1.42. The Labute approximate surface area is 183 Å². The highest BCUT2D eigenvalue weighted by Gasteiger charge is 2.17. The van der Waals surface area contributed by atoms with Gasteiger partial charge in [-0.3, -0.25) is 4.79 Å². The minimum absolute atomic E-state index is 0.207. The van der Waals surface area contributed by atoms with Crippen molar-refractivity contribution < 1.29 is 13.6 Å². The van der Waals surface area contributed by atoms with Gasteiger partial charge in [0.1, 0.15) is 24.5 Å². The minimum Gasteiger partial charge on any atom is -0.350 e.